The summed E-state index contributed by atoms with van der Waals surface area (Å²) in [6.45, 7) is 2.12. The molecule has 0 radical (unpaired) electrons. The minimum absolute atomic E-state index is 0.0460. The number of rotatable bonds is 2. The van der Waals surface area contributed by atoms with Crippen LogP contribution in [-0.2, 0) is 14.3 Å². The zero-order chi connectivity index (χ0) is 10.8. The van der Waals surface area contributed by atoms with Crippen LogP contribution < -0.4 is 0 Å². The van der Waals surface area contributed by atoms with Gasteiger partial charge in [0.05, 0.1) is 6.61 Å². The first-order valence-electron chi connectivity index (χ1n) is 5.65. The van der Waals surface area contributed by atoms with E-state index in [4.69, 9.17) is 4.74 Å². The van der Waals surface area contributed by atoms with Gasteiger partial charge in [0.2, 0.25) is 0 Å². The van der Waals surface area contributed by atoms with Gasteiger partial charge in [-0.3, -0.25) is 9.59 Å². The Kier molecular flexibility index (Phi) is 2.89. The van der Waals surface area contributed by atoms with Crippen molar-refractivity contribution in [2.24, 2.45) is 11.8 Å². The Bertz CT molecular complexity index is 317. The van der Waals surface area contributed by atoms with Crippen LogP contribution in [0.5, 0.6) is 0 Å². The number of esters is 1. The fraction of sp³-hybridized carbons (Fsp3) is 0.667. The fourth-order valence-electron chi connectivity index (χ4n) is 2.61. The zero-order valence-corrected chi connectivity index (χ0v) is 8.99. The maximum absolute atomic E-state index is 11.7. The molecule has 0 saturated heterocycles. The van der Waals surface area contributed by atoms with E-state index in [9.17, 15) is 9.59 Å². The molecule has 2 rings (SSSR count). The lowest BCUT2D eigenvalue weighted by Gasteiger charge is -2.24. The van der Waals surface area contributed by atoms with E-state index < -0.39 is 5.92 Å². The van der Waals surface area contributed by atoms with Gasteiger partial charge in [0.15, 0.2) is 5.78 Å². The van der Waals surface area contributed by atoms with Crippen molar-refractivity contribution < 1.29 is 14.3 Å². The second kappa shape index (κ2) is 4.17. The predicted octanol–water partition coefficient (Wildman–Crippen LogP) is 1.86. The van der Waals surface area contributed by atoms with Crippen molar-refractivity contribution in [3.05, 3.63) is 11.6 Å². The lowest BCUT2D eigenvalue weighted by Crippen LogP contribution is -2.29. The summed E-state index contributed by atoms with van der Waals surface area (Å²) in [5.41, 5.74) is 1.17. The van der Waals surface area contributed by atoms with Crippen LogP contribution in [0.2, 0.25) is 0 Å². The minimum Gasteiger partial charge on any atom is -0.465 e. The molecule has 15 heavy (non-hydrogen) atoms. The summed E-state index contributed by atoms with van der Waals surface area (Å²) in [6, 6.07) is 0. The second-order valence-corrected chi connectivity index (χ2v) is 4.20. The first-order valence-corrected chi connectivity index (χ1v) is 5.65. The number of carbonyl (C=O) groups excluding carboxylic acids is 2. The summed E-state index contributed by atoms with van der Waals surface area (Å²) in [5, 5.41) is 0. The van der Waals surface area contributed by atoms with Crippen molar-refractivity contribution in [2.45, 2.75) is 32.6 Å². The van der Waals surface area contributed by atoms with Gasteiger partial charge >= 0.3 is 5.97 Å². The van der Waals surface area contributed by atoms with Crippen LogP contribution in [0.4, 0.5) is 0 Å². The summed E-state index contributed by atoms with van der Waals surface area (Å²) < 4.78 is 4.95. The molecule has 2 atom stereocenters. The summed E-state index contributed by atoms with van der Waals surface area (Å²) in [7, 11) is 0. The van der Waals surface area contributed by atoms with Gasteiger partial charge in [0, 0.05) is 5.92 Å². The number of ketones is 1. The van der Waals surface area contributed by atoms with E-state index in [2.05, 4.69) is 0 Å². The van der Waals surface area contributed by atoms with Crippen molar-refractivity contribution in [3.63, 3.8) is 0 Å². The normalized spacial score (nSPS) is 29.7. The van der Waals surface area contributed by atoms with Gasteiger partial charge in [-0.05, 0) is 32.3 Å². The van der Waals surface area contributed by atoms with Crippen LogP contribution in [0.3, 0.4) is 0 Å². The van der Waals surface area contributed by atoms with E-state index in [-0.39, 0.29) is 17.7 Å². The highest BCUT2D eigenvalue weighted by Gasteiger charge is 2.42. The van der Waals surface area contributed by atoms with Gasteiger partial charge in [0.1, 0.15) is 5.92 Å². The van der Waals surface area contributed by atoms with Crippen molar-refractivity contribution in [2.75, 3.05) is 6.61 Å². The van der Waals surface area contributed by atoms with Crippen molar-refractivity contribution in [1.29, 1.82) is 0 Å². The standard InChI is InChI=1S/C12H16O3/c1-2-15-12(14)11-9-6-4-3-5-8(9)7-10(11)13/h7,9,11H,2-6H2,1H3/t9-,11+/m0/s1. The molecule has 1 saturated carbocycles. The van der Waals surface area contributed by atoms with E-state index >= 15 is 0 Å². The van der Waals surface area contributed by atoms with Gasteiger partial charge in [-0.15, -0.1) is 0 Å². The molecule has 0 aromatic rings. The molecular formula is C12H16O3. The first-order chi connectivity index (χ1) is 7.24. The van der Waals surface area contributed by atoms with Gasteiger partial charge in [-0.1, -0.05) is 12.0 Å². The Morgan fingerprint density at radius 2 is 2.33 bits per heavy atom. The predicted molar refractivity (Wildman–Crippen MR) is 55.2 cm³/mol. The minimum atomic E-state index is -0.528. The molecule has 3 heteroatoms. The molecule has 2 aliphatic carbocycles. The molecule has 3 nitrogen and oxygen atoms in total. The molecular weight excluding hydrogens is 192 g/mol. The second-order valence-electron chi connectivity index (χ2n) is 4.20. The van der Waals surface area contributed by atoms with Crippen molar-refractivity contribution in [3.8, 4) is 0 Å². The molecule has 1 fully saturated rings. The molecule has 0 N–H and O–H groups in total. The number of carbonyl (C=O) groups is 2. The molecule has 0 heterocycles. The number of fused-ring (bicyclic) bond motifs is 1. The number of allylic oxidation sites excluding steroid dienone is 2. The Morgan fingerprint density at radius 1 is 1.53 bits per heavy atom. The van der Waals surface area contributed by atoms with Gasteiger partial charge in [0.25, 0.3) is 0 Å². The molecule has 0 unspecified atom stereocenters. The third kappa shape index (κ3) is 1.83. The first kappa shape index (κ1) is 10.4. The molecule has 2 aliphatic rings. The number of hydrogen-bond donors (Lipinski definition) is 0. The SMILES string of the molecule is CCOC(=O)[C@H]1C(=O)C=C2CCCC[C@@H]21. The van der Waals surface area contributed by atoms with E-state index in [0.717, 1.165) is 25.7 Å². The van der Waals surface area contributed by atoms with Gasteiger partial charge < -0.3 is 4.74 Å². The maximum atomic E-state index is 11.7. The maximum Gasteiger partial charge on any atom is 0.317 e. The van der Waals surface area contributed by atoms with Gasteiger partial charge in [-0.25, -0.2) is 0 Å². The number of ether oxygens (including phenoxy) is 1. The van der Waals surface area contributed by atoms with Gasteiger partial charge in [-0.2, -0.15) is 0 Å². The van der Waals surface area contributed by atoms with E-state index in [1.807, 2.05) is 0 Å². The lowest BCUT2D eigenvalue weighted by atomic mass is 9.80. The smallest absolute Gasteiger partial charge is 0.317 e. The van der Waals surface area contributed by atoms with Crippen LogP contribution in [0, 0.1) is 11.8 Å². The molecule has 0 aromatic carbocycles. The molecule has 0 aliphatic heterocycles. The summed E-state index contributed by atoms with van der Waals surface area (Å²) in [5.74, 6) is -0.762. The summed E-state index contributed by atoms with van der Waals surface area (Å²) in [4.78, 5) is 23.3. The molecule has 82 valence electrons. The van der Waals surface area contributed by atoms with Crippen LogP contribution in [0.25, 0.3) is 0 Å². The molecule has 0 amide bonds. The van der Waals surface area contributed by atoms with E-state index in [0.29, 0.717) is 6.61 Å². The van der Waals surface area contributed by atoms with E-state index in [1.165, 1.54) is 5.57 Å². The average Bonchev–Trinajstić information content (AvgIpc) is 2.54. The summed E-state index contributed by atoms with van der Waals surface area (Å²) in [6.07, 6.45) is 5.87. The fourth-order valence-corrected chi connectivity index (χ4v) is 2.61. The molecule has 0 aromatic heterocycles. The third-order valence-corrected chi connectivity index (χ3v) is 3.28. The summed E-state index contributed by atoms with van der Waals surface area (Å²) >= 11 is 0. The number of hydrogen-bond acceptors (Lipinski definition) is 3. The van der Waals surface area contributed by atoms with Crippen LogP contribution in [0.1, 0.15) is 32.6 Å². The Morgan fingerprint density at radius 3 is 3.07 bits per heavy atom. The Hall–Kier alpha value is -1.12. The van der Waals surface area contributed by atoms with Crippen LogP contribution >= 0.6 is 0 Å². The highest BCUT2D eigenvalue weighted by atomic mass is 16.5. The Labute approximate surface area is 89.5 Å². The largest absolute Gasteiger partial charge is 0.465 e. The zero-order valence-electron chi connectivity index (χ0n) is 8.99. The van der Waals surface area contributed by atoms with Crippen LogP contribution in [-0.4, -0.2) is 18.4 Å². The monoisotopic (exact) mass is 208 g/mol. The van der Waals surface area contributed by atoms with Crippen molar-refractivity contribution >= 4 is 11.8 Å². The highest BCUT2D eigenvalue weighted by Crippen LogP contribution is 2.40. The quantitative estimate of drug-likeness (QED) is 0.514. The average molecular weight is 208 g/mol. The van der Waals surface area contributed by atoms with Crippen LogP contribution in [0.15, 0.2) is 11.6 Å². The Balaban J connectivity index is 2.13. The van der Waals surface area contributed by atoms with Crippen molar-refractivity contribution in [1.82, 2.24) is 0 Å². The molecule has 0 spiro atoms. The lowest BCUT2D eigenvalue weighted by molar-refractivity contribution is -0.151. The van der Waals surface area contributed by atoms with E-state index in [1.54, 1.807) is 13.0 Å². The third-order valence-electron chi connectivity index (χ3n) is 3.28. The topological polar surface area (TPSA) is 43.4 Å². The highest BCUT2D eigenvalue weighted by molar-refractivity contribution is 6.08. The molecule has 0 bridgehead atoms.